The Labute approximate surface area is 237 Å². The number of amides is 3. The van der Waals surface area contributed by atoms with Crippen molar-refractivity contribution in [1.82, 2.24) is 16.0 Å². The second-order valence-electron chi connectivity index (χ2n) is 10.0. The Morgan fingerprint density at radius 2 is 1.41 bits per heavy atom. The van der Waals surface area contributed by atoms with Crippen LogP contribution in [0.25, 0.3) is 0 Å². The lowest BCUT2D eigenvalue weighted by Crippen LogP contribution is -2.57. The van der Waals surface area contributed by atoms with Crippen LogP contribution in [0.1, 0.15) is 51.5 Å². The van der Waals surface area contributed by atoms with E-state index < -0.39 is 60.2 Å². The molecule has 0 spiro atoms. The topological polar surface area (TPSA) is 273 Å². The average molecular weight is 580 g/mol. The van der Waals surface area contributed by atoms with Crippen LogP contribution in [-0.2, 0) is 30.4 Å². The number of hydrogen-bond acceptors (Lipinski definition) is 8. The molecule has 0 aromatic heterocycles. The number of aromatic hydroxyl groups is 1. The molecule has 0 fully saturated rings. The number of benzene rings is 1. The first-order valence-corrected chi connectivity index (χ1v) is 13.1. The standard InChI is InChI=1S/C26H41N7O8/c1-14(2)12-20(24(39)32-19(25(40)41)9-10-21(35)36)33-23(38)18(4-3-11-30-26(28)29)31-22(37)17(27)13-15-5-7-16(34)8-6-15/h5-8,14,17-20,34H,3-4,9-13,27H2,1-2H3,(H,31,37)(H,32,39)(H,33,38)(H,35,36)(H,40,41)(H4,28,29,30). The van der Waals surface area contributed by atoms with Gasteiger partial charge in [0.25, 0.3) is 0 Å². The minimum Gasteiger partial charge on any atom is -0.508 e. The van der Waals surface area contributed by atoms with Crippen LogP contribution in [0, 0.1) is 5.92 Å². The van der Waals surface area contributed by atoms with Crippen molar-refractivity contribution in [3.63, 3.8) is 0 Å². The van der Waals surface area contributed by atoms with E-state index in [9.17, 15) is 34.2 Å². The van der Waals surface area contributed by atoms with Crippen LogP contribution in [0.15, 0.2) is 29.3 Å². The van der Waals surface area contributed by atoms with Crippen LogP contribution < -0.4 is 33.2 Å². The van der Waals surface area contributed by atoms with E-state index >= 15 is 0 Å². The van der Waals surface area contributed by atoms with E-state index in [0.717, 1.165) is 0 Å². The minimum atomic E-state index is -1.47. The summed E-state index contributed by atoms with van der Waals surface area (Å²) < 4.78 is 0. The van der Waals surface area contributed by atoms with Crippen molar-refractivity contribution in [3.05, 3.63) is 29.8 Å². The van der Waals surface area contributed by atoms with Gasteiger partial charge in [0.05, 0.1) is 6.04 Å². The van der Waals surface area contributed by atoms with Gasteiger partial charge in [0, 0.05) is 13.0 Å². The highest BCUT2D eigenvalue weighted by Gasteiger charge is 2.31. The zero-order valence-electron chi connectivity index (χ0n) is 23.2. The zero-order valence-corrected chi connectivity index (χ0v) is 23.2. The van der Waals surface area contributed by atoms with Gasteiger partial charge in [-0.05, 0) is 55.7 Å². The number of carbonyl (C=O) groups is 5. The highest BCUT2D eigenvalue weighted by atomic mass is 16.4. The van der Waals surface area contributed by atoms with Crippen LogP contribution in [-0.4, -0.2) is 81.7 Å². The molecule has 228 valence electrons. The largest absolute Gasteiger partial charge is 0.508 e. The molecule has 12 N–H and O–H groups in total. The zero-order chi connectivity index (χ0) is 31.1. The van der Waals surface area contributed by atoms with Gasteiger partial charge in [0.1, 0.15) is 23.9 Å². The lowest BCUT2D eigenvalue weighted by atomic mass is 10.0. The molecule has 15 nitrogen and oxygen atoms in total. The summed E-state index contributed by atoms with van der Waals surface area (Å²) in [5, 5.41) is 35.2. The molecule has 3 amide bonds. The lowest BCUT2D eigenvalue weighted by Gasteiger charge is -2.26. The number of phenolic OH excluding ortho intramolecular Hbond substituents is 1. The van der Waals surface area contributed by atoms with Gasteiger partial charge in [0.2, 0.25) is 17.7 Å². The molecule has 0 aliphatic carbocycles. The van der Waals surface area contributed by atoms with Gasteiger partial charge < -0.3 is 48.5 Å². The maximum Gasteiger partial charge on any atom is 0.326 e. The molecule has 1 aromatic rings. The third-order valence-electron chi connectivity index (χ3n) is 5.91. The number of nitrogens with one attached hydrogen (secondary N) is 3. The summed E-state index contributed by atoms with van der Waals surface area (Å²) in [6.07, 6.45) is -0.182. The lowest BCUT2D eigenvalue weighted by molar-refractivity contribution is -0.143. The first kappa shape index (κ1) is 34.6. The average Bonchev–Trinajstić information content (AvgIpc) is 2.88. The Morgan fingerprint density at radius 1 is 0.854 bits per heavy atom. The van der Waals surface area contributed by atoms with Crippen molar-refractivity contribution >= 4 is 35.6 Å². The summed E-state index contributed by atoms with van der Waals surface area (Å²) in [6, 6.07) is 1.32. The number of hydrogen-bond donors (Lipinski definition) is 9. The maximum absolute atomic E-state index is 13.3. The number of guanidine groups is 1. The van der Waals surface area contributed by atoms with Crippen molar-refractivity contribution in [1.29, 1.82) is 0 Å². The number of nitrogens with zero attached hydrogens (tertiary/aromatic N) is 1. The van der Waals surface area contributed by atoms with E-state index in [2.05, 4.69) is 20.9 Å². The van der Waals surface area contributed by atoms with E-state index in [-0.39, 0.29) is 49.9 Å². The molecule has 0 saturated carbocycles. The number of phenols is 1. The number of aliphatic carboxylic acids is 2. The Bertz CT molecular complexity index is 1070. The van der Waals surface area contributed by atoms with E-state index in [1.807, 2.05) is 0 Å². The Kier molecular flexibility index (Phi) is 14.6. The molecule has 0 saturated heterocycles. The second kappa shape index (κ2) is 17.3. The number of carboxylic acid groups (broad SMARTS) is 2. The van der Waals surface area contributed by atoms with Gasteiger partial charge in [-0.2, -0.15) is 0 Å². The summed E-state index contributed by atoms with van der Waals surface area (Å²) in [7, 11) is 0. The predicted molar refractivity (Wildman–Crippen MR) is 149 cm³/mol. The van der Waals surface area contributed by atoms with E-state index in [4.69, 9.17) is 22.3 Å². The minimum absolute atomic E-state index is 0.0563. The monoisotopic (exact) mass is 579 g/mol. The van der Waals surface area contributed by atoms with Gasteiger partial charge in [-0.3, -0.25) is 24.2 Å². The quantitative estimate of drug-likeness (QED) is 0.0564. The number of aliphatic imine (C=N–C) groups is 1. The van der Waals surface area contributed by atoms with Crippen LogP contribution in [0.3, 0.4) is 0 Å². The molecular weight excluding hydrogens is 538 g/mol. The molecule has 4 atom stereocenters. The first-order valence-electron chi connectivity index (χ1n) is 13.1. The van der Waals surface area contributed by atoms with Crippen LogP contribution in [0.4, 0.5) is 0 Å². The molecular formula is C26H41N7O8. The number of rotatable bonds is 18. The van der Waals surface area contributed by atoms with Crippen molar-refractivity contribution in [2.75, 3.05) is 6.54 Å². The smallest absolute Gasteiger partial charge is 0.326 e. The summed E-state index contributed by atoms with van der Waals surface area (Å²) in [5.41, 5.74) is 17.4. The van der Waals surface area contributed by atoms with Gasteiger partial charge >= 0.3 is 11.9 Å². The highest BCUT2D eigenvalue weighted by molar-refractivity contribution is 5.94. The summed E-state index contributed by atoms with van der Waals surface area (Å²) in [4.78, 5) is 65.5. The fourth-order valence-electron chi connectivity index (χ4n) is 3.80. The van der Waals surface area contributed by atoms with Crippen molar-refractivity contribution in [3.8, 4) is 5.75 Å². The molecule has 41 heavy (non-hydrogen) atoms. The predicted octanol–water partition coefficient (Wildman–Crippen LogP) is -1.23. The first-order chi connectivity index (χ1) is 19.2. The number of nitrogens with two attached hydrogens (primary N) is 3. The maximum atomic E-state index is 13.3. The van der Waals surface area contributed by atoms with Gasteiger partial charge in [-0.25, -0.2) is 4.79 Å². The second-order valence-corrected chi connectivity index (χ2v) is 10.0. The molecule has 0 aliphatic heterocycles. The van der Waals surface area contributed by atoms with Crippen LogP contribution in [0.2, 0.25) is 0 Å². The SMILES string of the molecule is CC(C)CC(NC(=O)C(CCCN=C(N)N)NC(=O)C(N)Cc1ccc(O)cc1)C(=O)NC(CCC(=O)O)C(=O)O. The fourth-order valence-corrected chi connectivity index (χ4v) is 3.80. The summed E-state index contributed by atoms with van der Waals surface area (Å²) >= 11 is 0. The molecule has 15 heteroatoms. The Morgan fingerprint density at radius 3 is 1.95 bits per heavy atom. The number of carbonyl (C=O) groups excluding carboxylic acids is 3. The normalized spacial score (nSPS) is 13.8. The molecule has 0 bridgehead atoms. The third-order valence-corrected chi connectivity index (χ3v) is 5.91. The summed E-state index contributed by atoms with van der Waals surface area (Å²) in [6.45, 7) is 3.76. The van der Waals surface area contributed by atoms with Crippen LogP contribution in [0.5, 0.6) is 5.75 Å². The molecule has 0 radical (unpaired) electrons. The van der Waals surface area contributed by atoms with Gasteiger partial charge in [-0.1, -0.05) is 26.0 Å². The van der Waals surface area contributed by atoms with Gasteiger partial charge in [-0.15, -0.1) is 0 Å². The molecule has 1 aromatic carbocycles. The van der Waals surface area contributed by atoms with Gasteiger partial charge in [0.15, 0.2) is 5.96 Å². The molecule has 1 rings (SSSR count). The van der Waals surface area contributed by atoms with E-state index in [1.54, 1.807) is 26.0 Å². The fraction of sp³-hybridized carbons (Fsp3) is 0.538. The Hall–Kier alpha value is -4.40. The van der Waals surface area contributed by atoms with Crippen molar-refractivity contribution < 1.29 is 39.3 Å². The molecule has 4 unspecified atom stereocenters. The van der Waals surface area contributed by atoms with Crippen molar-refractivity contribution in [2.45, 2.75) is 76.5 Å². The molecule has 0 aliphatic rings. The van der Waals surface area contributed by atoms with E-state index in [1.165, 1.54) is 12.1 Å². The highest BCUT2D eigenvalue weighted by Crippen LogP contribution is 2.12. The number of carboxylic acids is 2. The van der Waals surface area contributed by atoms with E-state index in [0.29, 0.717) is 12.0 Å². The third kappa shape index (κ3) is 14.0. The summed E-state index contributed by atoms with van der Waals surface area (Å²) in [5.74, 6) is -4.97. The van der Waals surface area contributed by atoms with Crippen molar-refractivity contribution in [2.24, 2.45) is 28.1 Å². The van der Waals surface area contributed by atoms with Crippen LogP contribution >= 0.6 is 0 Å². The Balaban J connectivity index is 3.04. The molecule has 0 heterocycles.